The molecule has 3 rings (SSSR count). The molecular formula is C11H13N5O. The molecule has 1 aliphatic carbocycles. The molecule has 0 saturated heterocycles. The van der Waals surface area contributed by atoms with Gasteiger partial charge >= 0.3 is 0 Å². The number of rotatable bonds is 3. The van der Waals surface area contributed by atoms with Crippen LogP contribution in [0.1, 0.15) is 25.2 Å². The minimum atomic E-state index is -0.111. The first-order valence-corrected chi connectivity index (χ1v) is 5.66. The van der Waals surface area contributed by atoms with Crippen molar-refractivity contribution in [2.75, 3.05) is 6.54 Å². The Labute approximate surface area is 98.3 Å². The van der Waals surface area contributed by atoms with Crippen molar-refractivity contribution in [3.63, 3.8) is 0 Å². The summed E-state index contributed by atoms with van der Waals surface area (Å²) in [6.45, 7) is 0.546. The maximum atomic E-state index is 5.79. The van der Waals surface area contributed by atoms with E-state index in [1.165, 1.54) is 0 Å². The van der Waals surface area contributed by atoms with E-state index < -0.39 is 0 Å². The summed E-state index contributed by atoms with van der Waals surface area (Å²) < 4.78 is 5.30. The Morgan fingerprint density at radius 3 is 2.59 bits per heavy atom. The van der Waals surface area contributed by atoms with Crippen molar-refractivity contribution in [3.05, 3.63) is 24.4 Å². The highest BCUT2D eigenvalue weighted by Crippen LogP contribution is 2.42. The fourth-order valence-electron chi connectivity index (χ4n) is 2.05. The van der Waals surface area contributed by atoms with Gasteiger partial charge in [-0.15, -0.1) is 0 Å². The molecule has 2 heterocycles. The van der Waals surface area contributed by atoms with Crippen LogP contribution in [0.15, 0.2) is 23.0 Å². The molecule has 0 bridgehead atoms. The van der Waals surface area contributed by atoms with E-state index in [4.69, 9.17) is 10.3 Å². The molecular weight excluding hydrogens is 218 g/mol. The van der Waals surface area contributed by atoms with Crippen LogP contribution in [-0.4, -0.2) is 26.7 Å². The molecule has 0 unspecified atom stereocenters. The van der Waals surface area contributed by atoms with E-state index in [2.05, 4.69) is 20.1 Å². The van der Waals surface area contributed by atoms with Gasteiger partial charge in [-0.25, -0.2) is 9.97 Å². The first-order chi connectivity index (χ1) is 8.34. The molecule has 0 aliphatic heterocycles. The number of hydrogen-bond acceptors (Lipinski definition) is 6. The van der Waals surface area contributed by atoms with Crippen molar-refractivity contribution < 1.29 is 4.52 Å². The first-order valence-electron chi connectivity index (χ1n) is 5.66. The van der Waals surface area contributed by atoms with Gasteiger partial charge in [0.1, 0.15) is 0 Å². The van der Waals surface area contributed by atoms with Gasteiger partial charge in [-0.1, -0.05) is 11.6 Å². The topological polar surface area (TPSA) is 90.7 Å². The van der Waals surface area contributed by atoms with Gasteiger partial charge < -0.3 is 10.3 Å². The molecule has 2 aromatic heterocycles. The summed E-state index contributed by atoms with van der Waals surface area (Å²) in [5.74, 6) is 1.53. The van der Waals surface area contributed by atoms with Crippen LogP contribution in [0.5, 0.6) is 0 Å². The lowest BCUT2D eigenvalue weighted by atomic mass is 9.69. The molecule has 2 aromatic rings. The summed E-state index contributed by atoms with van der Waals surface area (Å²) in [6, 6.07) is 1.75. The van der Waals surface area contributed by atoms with Gasteiger partial charge in [0.05, 0.1) is 5.41 Å². The zero-order chi connectivity index (χ0) is 11.7. The van der Waals surface area contributed by atoms with Gasteiger partial charge in [0, 0.05) is 18.9 Å². The van der Waals surface area contributed by atoms with E-state index in [0.717, 1.165) is 19.3 Å². The molecule has 6 nitrogen and oxygen atoms in total. The summed E-state index contributed by atoms with van der Waals surface area (Å²) in [4.78, 5) is 12.5. The molecule has 0 spiro atoms. The van der Waals surface area contributed by atoms with Crippen LogP contribution in [0.2, 0.25) is 0 Å². The van der Waals surface area contributed by atoms with E-state index in [-0.39, 0.29) is 5.41 Å². The SMILES string of the molecule is NCC1(c2nc(-c3ncccn3)no2)CCC1. The standard InChI is InChI=1S/C11H13N5O/c12-7-11(3-1-4-11)10-15-9(16-17-10)8-13-5-2-6-14-8/h2,5-6H,1,3-4,7,12H2. The van der Waals surface area contributed by atoms with Crippen LogP contribution < -0.4 is 5.73 Å². The van der Waals surface area contributed by atoms with Crippen LogP contribution in [0.3, 0.4) is 0 Å². The first kappa shape index (κ1) is 10.3. The lowest BCUT2D eigenvalue weighted by molar-refractivity contribution is 0.182. The second-order valence-electron chi connectivity index (χ2n) is 4.33. The fourth-order valence-corrected chi connectivity index (χ4v) is 2.05. The molecule has 6 heteroatoms. The summed E-state index contributed by atoms with van der Waals surface area (Å²) in [5, 5.41) is 3.92. The Bertz CT molecular complexity index is 500. The van der Waals surface area contributed by atoms with Gasteiger partial charge in [-0.05, 0) is 18.9 Å². The van der Waals surface area contributed by atoms with Crippen LogP contribution in [0.25, 0.3) is 11.6 Å². The Hall–Kier alpha value is -1.82. The van der Waals surface area contributed by atoms with E-state index in [9.17, 15) is 0 Å². The fraction of sp³-hybridized carbons (Fsp3) is 0.455. The van der Waals surface area contributed by atoms with Crippen molar-refractivity contribution in [3.8, 4) is 11.6 Å². The van der Waals surface area contributed by atoms with Crippen molar-refractivity contribution in [1.29, 1.82) is 0 Å². The van der Waals surface area contributed by atoms with Gasteiger partial charge in [0.2, 0.25) is 17.5 Å². The highest BCUT2D eigenvalue weighted by Gasteiger charge is 2.42. The highest BCUT2D eigenvalue weighted by atomic mass is 16.5. The molecule has 0 aromatic carbocycles. The lowest BCUT2D eigenvalue weighted by Gasteiger charge is -2.36. The van der Waals surface area contributed by atoms with E-state index in [1.807, 2.05) is 0 Å². The number of nitrogens with zero attached hydrogens (tertiary/aromatic N) is 4. The van der Waals surface area contributed by atoms with E-state index in [0.29, 0.717) is 24.1 Å². The maximum absolute atomic E-state index is 5.79. The molecule has 0 amide bonds. The Balaban J connectivity index is 1.93. The van der Waals surface area contributed by atoms with Crippen LogP contribution in [0.4, 0.5) is 0 Å². The third-order valence-corrected chi connectivity index (χ3v) is 3.35. The Kier molecular flexibility index (Phi) is 2.36. The molecule has 1 aliphatic rings. The van der Waals surface area contributed by atoms with Gasteiger partial charge in [-0.2, -0.15) is 4.98 Å². The lowest BCUT2D eigenvalue weighted by Crippen LogP contribution is -2.41. The average Bonchev–Trinajstić information content (AvgIpc) is 2.80. The largest absolute Gasteiger partial charge is 0.338 e. The van der Waals surface area contributed by atoms with Gasteiger partial charge in [0.15, 0.2) is 0 Å². The quantitative estimate of drug-likeness (QED) is 0.844. The van der Waals surface area contributed by atoms with E-state index in [1.54, 1.807) is 18.5 Å². The van der Waals surface area contributed by atoms with Crippen LogP contribution >= 0.6 is 0 Å². The third kappa shape index (κ3) is 1.61. The number of nitrogens with two attached hydrogens (primary N) is 1. The predicted octanol–water partition coefficient (Wildman–Crippen LogP) is 0.907. The van der Waals surface area contributed by atoms with Crippen molar-refractivity contribution in [2.24, 2.45) is 5.73 Å². The summed E-state index contributed by atoms with van der Waals surface area (Å²) in [7, 11) is 0. The summed E-state index contributed by atoms with van der Waals surface area (Å²) in [6.07, 6.45) is 6.50. The molecule has 1 fully saturated rings. The third-order valence-electron chi connectivity index (χ3n) is 3.35. The van der Waals surface area contributed by atoms with Gasteiger partial charge in [0.25, 0.3) is 0 Å². The van der Waals surface area contributed by atoms with Crippen molar-refractivity contribution in [2.45, 2.75) is 24.7 Å². The van der Waals surface area contributed by atoms with Crippen LogP contribution in [0, 0.1) is 0 Å². The second kappa shape index (κ2) is 3.89. The Morgan fingerprint density at radius 2 is 2.00 bits per heavy atom. The van der Waals surface area contributed by atoms with Crippen molar-refractivity contribution >= 4 is 0 Å². The van der Waals surface area contributed by atoms with Crippen molar-refractivity contribution in [1.82, 2.24) is 20.1 Å². The summed E-state index contributed by atoms with van der Waals surface area (Å²) in [5.41, 5.74) is 5.68. The second-order valence-corrected chi connectivity index (χ2v) is 4.33. The molecule has 2 N–H and O–H groups in total. The average molecular weight is 231 g/mol. The normalized spacial score (nSPS) is 17.7. The number of hydrogen-bond donors (Lipinski definition) is 1. The maximum Gasteiger partial charge on any atom is 0.240 e. The number of aromatic nitrogens is 4. The molecule has 88 valence electrons. The zero-order valence-corrected chi connectivity index (χ0v) is 9.33. The summed E-state index contributed by atoms with van der Waals surface area (Å²) >= 11 is 0. The monoisotopic (exact) mass is 231 g/mol. The molecule has 17 heavy (non-hydrogen) atoms. The van der Waals surface area contributed by atoms with Crippen LogP contribution in [-0.2, 0) is 5.41 Å². The minimum absolute atomic E-state index is 0.111. The van der Waals surface area contributed by atoms with E-state index >= 15 is 0 Å². The minimum Gasteiger partial charge on any atom is -0.338 e. The predicted molar refractivity (Wildman–Crippen MR) is 59.9 cm³/mol. The highest BCUT2D eigenvalue weighted by molar-refractivity contribution is 5.41. The molecule has 0 radical (unpaired) electrons. The smallest absolute Gasteiger partial charge is 0.240 e. The molecule has 0 atom stereocenters. The zero-order valence-electron chi connectivity index (χ0n) is 9.33. The Morgan fingerprint density at radius 1 is 1.24 bits per heavy atom. The van der Waals surface area contributed by atoms with Gasteiger partial charge in [-0.3, -0.25) is 0 Å². The molecule has 1 saturated carbocycles.